The zero-order chi connectivity index (χ0) is 16.0. The fourth-order valence-electron chi connectivity index (χ4n) is 4.02. The first-order valence-electron chi connectivity index (χ1n) is 8.01. The van der Waals surface area contributed by atoms with E-state index < -0.39 is 17.4 Å². The van der Waals surface area contributed by atoms with Gasteiger partial charge >= 0.3 is 5.97 Å². The number of likely N-dealkylation sites (tertiary alicyclic amines) is 1. The van der Waals surface area contributed by atoms with Crippen LogP contribution in [0.25, 0.3) is 0 Å². The summed E-state index contributed by atoms with van der Waals surface area (Å²) in [6.07, 6.45) is 3.53. The lowest BCUT2D eigenvalue weighted by Crippen LogP contribution is -2.39. The summed E-state index contributed by atoms with van der Waals surface area (Å²) in [5.74, 6) is -1.32. The SMILES string of the molecule is CCOC(=O)[C@H]1[C@@H]2C=C[C@@]3(CN(Cc4ccccc4)C(=O)[C@H]13)O2. The van der Waals surface area contributed by atoms with Crippen molar-refractivity contribution in [2.45, 2.75) is 25.2 Å². The van der Waals surface area contributed by atoms with Crippen molar-refractivity contribution in [3.8, 4) is 0 Å². The second-order valence-corrected chi connectivity index (χ2v) is 6.33. The van der Waals surface area contributed by atoms with Crippen molar-refractivity contribution in [2.75, 3.05) is 13.2 Å². The number of carbonyl (C=O) groups is 2. The molecule has 120 valence electrons. The predicted molar refractivity (Wildman–Crippen MR) is 82.2 cm³/mol. The Bertz CT molecular complexity index is 671. The van der Waals surface area contributed by atoms with Gasteiger partial charge in [-0.05, 0) is 12.5 Å². The number of rotatable bonds is 4. The van der Waals surface area contributed by atoms with Crippen LogP contribution in [0.5, 0.6) is 0 Å². The van der Waals surface area contributed by atoms with E-state index in [9.17, 15) is 9.59 Å². The molecule has 1 aromatic carbocycles. The van der Waals surface area contributed by atoms with Gasteiger partial charge in [-0.25, -0.2) is 0 Å². The maximum Gasteiger partial charge on any atom is 0.312 e. The van der Waals surface area contributed by atoms with Crippen LogP contribution >= 0.6 is 0 Å². The summed E-state index contributed by atoms with van der Waals surface area (Å²) >= 11 is 0. The van der Waals surface area contributed by atoms with Crippen LogP contribution in [-0.2, 0) is 25.6 Å². The lowest BCUT2D eigenvalue weighted by molar-refractivity contribution is -0.153. The van der Waals surface area contributed by atoms with E-state index in [2.05, 4.69) is 0 Å². The molecule has 0 aromatic heterocycles. The molecular weight excluding hydrogens is 294 g/mol. The molecule has 2 bridgehead atoms. The topological polar surface area (TPSA) is 55.8 Å². The molecule has 4 rings (SSSR count). The van der Waals surface area contributed by atoms with Crippen LogP contribution in [0, 0.1) is 11.8 Å². The Balaban J connectivity index is 1.60. The van der Waals surface area contributed by atoms with Gasteiger partial charge in [0.2, 0.25) is 5.91 Å². The standard InChI is InChI=1S/C18H19NO4/c1-2-22-17(21)14-13-8-9-18(23-13)11-19(16(20)15(14)18)10-12-6-4-3-5-7-12/h3-9,13-15H,2,10-11H2,1H3/t13-,14-,15-,18-/m0/s1. The number of benzene rings is 1. The van der Waals surface area contributed by atoms with Gasteiger partial charge in [0.1, 0.15) is 11.5 Å². The largest absolute Gasteiger partial charge is 0.466 e. The van der Waals surface area contributed by atoms with E-state index in [1.54, 1.807) is 11.8 Å². The van der Waals surface area contributed by atoms with E-state index in [1.807, 2.05) is 42.5 Å². The second kappa shape index (κ2) is 5.20. The minimum atomic E-state index is -0.659. The highest BCUT2D eigenvalue weighted by Crippen LogP contribution is 2.52. The van der Waals surface area contributed by atoms with Gasteiger partial charge in [0.15, 0.2) is 0 Å². The van der Waals surface area contributed by atoms with Crippen LogP contribution in [0.1, 0.15) is 12.5 Å². The fraction of sp³-hybridized carbons (Fsp3) is 0.444. The Hall–Kier alpha value is -2.14. The van der Waals surface area contributed by atoms with Gasteiger partial charge in [-0.3, -0.25) is 9.59 Å². The molecule has 23 heavy (non-hydrogen) atoms. The van der Waals surface area contributed by atoms with Crippen LogP contribution in [0.2, 0.25) is 0 Å². The fourth-order valence-corrected chi connectivity index (χ4v) is 4.02. The third-order valence-electron chi connectivity index (χ3n) is 4.95. The summed E-state index contributed by atoms with van der Waals surface area (Å²) in [5, 5.41) is 0. The molecule has 0 N–H and O–H groups in total. The summed E-state index contributed by atoms with van der Waals surface area (Å²) < 4.78 is 11.2. The average molecular weight is 313 g/mol. The van der Waals surface area contributed by atoms with E-state index in [0.29, 0.717) is 19.7 Å². The van der Waals surface area contributed by atoms with Gasteiger partial charge in [-0.2, -0.15) is 0 Å². The highest BCUT2D eigenvalue weighted by Gasteiger charge is 2.67. The Morgan fingerprint density at radius 1 is 1.39 bits per heavy atom. The summed E-state index contributed by atoms with van der Waals surface area (Å²) in [6, 6.07) is 9.86. The molecular formula is C18H19NO4. The Morgan fingerprint density at radius 2 is 2.17 bits per heavy atom. The summed E-state index contributed by atoms with van der Waals surface area (Å²) in [5.41, 5.74) is 0.414. The van der Waals surface area contributed by atoms with Crippen molar-refractivity contribution < 1.29 is 19.1 Å². The molecule has 2 fully saturated rings. The van der Waals surface area contributed by atoms with Crippen LogP contribution in [-0.4, -0.2) is 41.6 Å². The molecule has 3 aliphatic rings. The van der Waals surface area contributed by atoms with Crippen LogP contribution < -0.4 is 0 Å². The van der Waals surface area contributed by atoms with Gasteiger partial charge in [-0.1, -0.05) is 42.5 Å². The number of hydrogen-bond donors (Lipinski definition) is 0. The molecule has 0 aliphatic carbocycles. The molecule has 5 nitrogen and oxygen atoms in total. The van der Waals surface area contributed by atoms with Gasteiger partial charge < -0.3 is 14.4 Å². The van der Waals surface area contributed by atoms with Crippen molar-refractivity contribution in [2.24, 2.45) is 11.8 Å². The number of amides is 1. The molecule has 3 aliphatic heterocycles. The molecule has 5 heteroatoms. The molecule has 4 atom stereocenters. The number of fused-ring (bicyclic) bond motifs is 1. The summed E-state index contributed by atoms with van der Waals surface area (Å²) in [4.78, 5) is 27.0. The first-order chi connectivity index (χ1) is 11.1. The number of ether oxygens (including phenoxy) is 2. The van der Waals surface area contributed by atoms with Crippen LogP contribution in [0.3, 0.4) is 0 Å². The van der Waals surface area contributed by atoms with Crippen molar-refractivity contribution in [1.82, 2.24) is 4.90 Å². The van der Waals surface area contributed by atoms with Gasteiger partial charge in [-0.15, -0.1) is 0 Å². The maximum atomic E-state index is 12.9. The van der Waals surface area contributed by atoms with Crippen molar-refractivity contribution in [3.63, 3.8) is 0 Å². The van der Waals surface area contributed by atoms with Gasteiger partial charge in [0.05, 0.1) is 25.2 Å². The van der Waals surface area contributed by atoms with Crippen LogP contribution in [0.15, 0.2) is 42.5 Å². The van der Waals surface area contributed by atoms with Crippen molar-refractivity contribution in [1.29, 1.82) is 0 Å². The van der Waals surface area contributed by atoms with Crippen LogP contribution in [0.4, 0.5) is 0 Å². The first kappa shape index (κ1) is 14.5. The molecule has 0 saturated carbocycles. The molecule has 1 amide bonds. The predicted octanol–water partition coefficient (Wildman–Crippen LogP) is 1.53. The third-order valence-corrected chi connectivity index (χ3v) is 4.95. The number of esters is 1. The smallest absolute Gasteiger partial charge is 0.312 e. The zero-order valence-electron chi connectivity index (χ0n) is 13.0. The molecule has 3 heterocycles. The maximum absolute atomic E-state index is 12.9. The minimum absolute atomic E-state index is 0.0150. The number of carbonyl (C=O) groups excluding carboxylic acids is 2. The van der Waals surface area contributed by atoms with E-state index >= 15 is 0 Å². The van der Waals surface area contributed by atoms with E-state index in [1.165, 1.54) is 0 Å². The third kappa shape index (κ3) is 2.10. The normalized spacial score (nSPS) is 34.0. The lowest BCUT2D eigenvalue weighted by atomic mass is 9.77. The monoisotopic (exact) mass is 313 g/mol. The lowest BCUT2D eigenvalue weighted by Gasteiger charge is -2.22. The summed E-state index contributed by atoms with van der Waals surface area (Å²) in [7, 11) is 0. The number of nitrogens with zero attached hydrogens (tertiary/aromatic N) is 1. The summed E-state index contributed by atoms with van der Waals surface area (Å²) in [6.45, 7) is 3.12. The minimum Gasteiger partial charge on any atom is -0.466 e. The van der Waals surface area contributed by atoms with E-state index in [0.717, 1.165) is 5.56 Å². The Morgan fingerprint density at radius 3 is 2.91 bits per heavy atom. The van der Waals surface area contributed by atoms with E-state index in [4.69, 9.17) is 9.47 Å². The average Bonchev–Trinajstić information content (AvgIpc) is 3.17. The highest BCUT2D eigenvalue weighted by atomic mass is 16.6. The first-order valence-corrected chi connectivity index (χ1v) is 8.01. The molecule has 0 unspecified atom stereocenters. The van der Waals surface area contributed by atoms with Gasteiger partial charge in [0.25, 0.3) is 0 Å². The quantitative estimate of drug-likeness (QED) is 0.625. The zero-order valence-corrected chi connectivity index (χ0v) is 13.0. The molecule has 1 spiro atoms. The van der Waals surface area contributed by atoms with Gasteiger partial charge in [0, 0.05) is 6.54 Å². The van der Waals surface area contributed by atoms with E-state index in [-0.39, 0.29) is 18.0 Å². The number of hydrogen-bond acceptors (Lipinski definition) is 4. The second-order valence-electron chi connectivity index (χ2n) is 6.33. The van der Waals surface area contributed by atoms with Crippen molar-refractivity contribution >= 4 is 11.9 Å². The molecule has 0 radical (unpaired) electrons. The highest BCUT2D eigenvalue weighted by molar-refractivity contribution is 5.91. The van der Waals surface area contributed by atoms with Crippen molar-refractivity contribution in [3.05, 3.63) is 48.0 Å². The Kier molecular flexibility index (Phi) is 3.27. The molecule has 1 aromatic rings. The molecule has 2 saturated heterocycles. The Labute approximate surface area is 134 Å².